The van der Waals surface area contributed by atoms with Crippen LogP contribution in [0.15, 0.2) is 61.1 Å². The lowest BCUT2D eigenvalue weighted by Crippen LogP contribution is -2.36. The van der Waals surface area contributed by atoms with Crippen molar-refractivity contribution in [2.75, 3.05) is 36.5 Å². The van der Waals surface area contributed by atoms with Crippen LogP contribution in [0.2, 0.25) is 5.15 Å². The molecule has 1 N–H and O–H groups in total. The zero-order valence-corrected chi connectivity index (χ0v) is 17.3. The van der Waals surface area contributed by atoms with Crippen LogP contribution in [0.1, 0.15) is 10.4 Å². The Hall–Kier alpha value is -3.49. The maximum Gasteiger partial charge on any atom is 0.259 e. The molecule has 8 nitrogen and oxygen atoms in total. The molecule has 0 saturated carbocycles. The van der Waals surface area contributed by atoms with Crippen LogP contribution in [0.3, 0.4) is 0 Å². The van der Waals surface area contributed by atoms with Gasteiger partial charge >= 0.3 is 0 Å². The molecule has 1 saturated heterocycles. The fraction of sp³-hybridized carbons (Fsp3) is 0.182. The minimum Gasteiger partial charge on any atom is -0.378 e. The number of benzene rings is 1. The van der Waals surface area contributed by atoms with Crippen molar-refractivity contribution in [2.45, 2.75) is 0 Å². The van der Waals surface area contributed by atoms with Crippen molar-refractivity contribution < 1.29 is 9.53 Å². The third-order valence-electron chi connectivity index (χ3n) is 5.11. The van der Waals surface area contributed by atoms with E-state index in [1.165, 1.54) is 10.6 Å². The van der Waals surface area contributed by atoms with Crippen LogP contribution in [0.25, 0.3) is 16.9 Å². The molecule has 1 fully saturated rings. The van der Waals surface area contributed by atoms with E-state index < -0.39 is 0 Å². The Bertz CT molecular complexity index is 1240. The maximum absolute atomic E-state index is 13.2. The summed E-state index contributed by atoms with van der Waals surface area (Å²) in [7, 11) is 0. The van der Waals surface area contributed by atoms with E-state index >= 15 is 0 Å². The number of rotatable bonds is 4. The van der Waals surface area contributed by atoms with Crippen molar-refractivity contribution in [3.05, 3.63) is 71.8 Å². The SMILES string of the molecule is O=C(Nc1cnccc1N1CCOCC1)c1cc(Cl)nn2cc(-c3ccccc3)nc12. The Morgan fingerprint density at radius 1 is 1.13 bits per heavy atom. The molecule has 156 valence electrons. The van der Waals surface area contributed by atoms with Crippen molar-refractivity contribution in [1.29, 1.82) is 0 Å². The minimum absolute atomic E-state index is 0.203. The Balaban J connectivity index is 1.50. The lowest BCUT2D eigenvalue weighted by Gasteiger charge is -2.30. The van der Waals surface area contributed by atoms with Crippen LogP contribution >= 0.6 is 11.6 Å². The summed E-state index contributed by atoms with van der Waals surface area (Å²) in [6.07, 6.45) is 5.11. The Morgan fingerprint density at radius 3 is 2.74 bits per heavy atom. The fourth-order valence-electron chi connectivity index (χ4n) is 3.61. The molecule has 0 atom stereocenters. The largest absolute Gasteiger partial charge is 0.378 e. The van der Waals surface area contributed by atoms with Gasteiger partial charge in [0.25, 0.3) is 5.91 Å². The summed E-state index contributed by atoms with van der Waals surface area (Å²) in [6.45, 7) is 2.79. The Kier molecular flexibility index (Phi) is 5.23. The fourth-order valence-corrected chi connectivity index (χ4v) is 3.81. The van der Waals surface area contributed by atoms with E-state index in [4.69, 9.17) is 16.3 Å². The summed E-state index contributed by atoms with van der Waals surface area (Å²) in [5, 5.41) is 7.44. The second kappa shape index (κ2) is 8.33. The summed E-state index contributed by atoms with van der Waals surface area (Å²) in [6, 6.07) is 13.1. The predicted octanol–water partition coefficient (Wildman–Crippen LogP) is 3.53. The van der Waals surface area contributed by atoms with Crippen molar-refractivity contribution in [3.8, 4) is 11.3 Å². The van der Waals surface area contributed by atoms with Gasteiger partial charge in [0.1, 0.15) is 0 Å². The summed E-state index contributed by atoms with van der Waals surface area (Å²) < 4.78 is 6.97. The van der Waals surface area contributed by atoms with Crippen LogP contribution in [0.4, 0.5) is 11.4 Å². The van der Waals surface area contributed by atoms with Crippen molar-refractivity contribution in [3.63, 3.8) is 0 Å². The van der Waals surface area contributed by atoms with E-state index in [0.717, 1.165) is 24.3 Å². The molecule has 0 bridgehead atoms. The second-order valence-corrected chi connectivity index (χ2v) is 7.47. The number of anilines is 2. The van der Waals surface area contributed by atoms with Gasteiger partial charge in [-0.2, -0.15) is 5.10 Å². The van der Waals surface area contributed by atoms with Crippen molar-refractivity contribution in [2.24, 2.45) is 0 Å². The third-order valence-corrected chi connectivity index (χ3v) is 5.29. The normalized spacial score (nSPS) is 14.0. The first-order valence-electron chi connectivity index (χ1n) is 9.88. The van der Waals surface area contributed by atoms with Gasteiger partial charge in [-0.05, 0) is 12.1 Å². The molecule has 0 unspecified atom stereocenters. The van der Waals surface area contributed by atoms with Gasteiger partial charge < -0.3 is 15.0 Å². The number of nitrogens with one attached hydrogen (secondary N) is 1. The lowest BCUT2D eigenvalue weighted by molar-refractivity contribution is 0.102. The molecule has 1 aromatic carbocycles. The number of nitrogens with zero attached hydrogens (tertiary/aromatic N) is 5. The first kappa shape index (κ1) is 19.5. The zero-order chi connectivity index (χ0) is 21.2. The van der Waals surface area contributed by atoms with Gasteiger partial charge in [0.15, 0.2) is 10.8 Å². The smallest absolute Gasteiger partial charge is 0.259 e. The highest BCUT2D eigenvalue weighted by Gasteiger charge is 2.20. The van der Waals surface area contributed by atoms with Crippen LogP contribution in [-0.2, 0) is 4.74 Å². The number of hydrogen-bond donors (Lipinski definition) is 1. The van der Waals surface area contributed by atoms with Gasteiger partial charge in [0, 0.05) is 24.8 Å². The van der Waals surface area contributed by atoms with Gasteiger partial charge in [-0.1, -0.05) is 41.9 Å². The van der Waals surface area contributed by atoms with Gasteiger partial charge in [0.2, 0.25) is 0 Å². The van der Waals surface area contributed by atoms with Gasteiger partial charge in [-0.15, -0.1) is 0 Å². The third kappa shape index (κ3) is 3.95. The van der Waals surface area contributed by atoms with Crippen molar-refractivity contribution >= 4 is 34.5 Å². The number of halogens is 1. The molecule has 4 aromatic rings. The molecule has 0 aliphatic carbocycles. The molecular weight excluding hydrogens is 416 g/mol. The highest BCUT2D eigenvalue weighted by molar-refractivity contribution is 6.30. The van der Waals surface area contributed by atoms with E-state index in [1.807, 2.05) is 36.4 Å². The quantitative estimate of drug-likeness (QED) is 0.529. The molecule has 9 heteroatoms. The van der Waals surface area contributed by atoms with Crippen LogP contribution in [0.5, 0.6) is 0 Å². The summed E-state index contributed by atoms with van der Waals surface area (Å²) in [4.78, 5) is 24.2. The molecule has 1 aliphatic heterocycles. The number of carbonyl (C=O) groups excluding carboxylic acids is 1. The number of carbonyl (C=O) groups is 1. The van der Waals surface area contributed by atoms with Crippen molar-refractivity contribution in [1.82, 2.24) is 19.6 Å². The number of ether oxygens (including phenoxy) is 1. The monoisotopic (exact) mass is 434 g/mol. The summed E-state index contributed by atoms with van der Waals surface area (Å²) in [5.74, 6) is -0.331. The summed E-state index contributed by atoms with van der Waals surface area (Å²) >= 11 is 6.20. The molecule has 1 amide bonds. The summed E-state index contributed by atoms with van der Waals surface area (Å²) in [5.41, 5.74) is 3.92. The number of fused-ring (bicyclic) bond motifs is 1. The molecular formula is C22H19ClN6O2. The number of imidazole rings is 1. The molecule has 5 rings (SSSR count). The van der Waals surface area contributed by atoms with Gasteiger partial charge in [-0.25, -0.2) is 9.50 Å². The molecule has 0 radical (unpaired) electrons. The molecule has 3 aromatic heterocycles. The zero-order valence-electron chi connectivity index (χ0n) is 16.5. The van der Waals surface area contributed by atoms with Gasteiger partial charge in [0.05, 0.1) is 48.2 Å². The topological polar surface area (TPSA) is 84.7 Å². The highest BCUT2D eigenvalue weighted by atomic mass is 35.5. The van der Waals surface area contributed by atoms with Crippen LogP contribution < -0.4 is 10.2 Å². The number of morpholine rings is 1. The number of aromatic nitrogens is 4. The molecule has 1 aliphatic rings. The van der Waals surface area contributed by atoms with E-state index in [2.05, 4.69) is 25.3 Å². The first-order valence-corrected chi connectivity index (χ1v) is 10.3. The number of pyridine rings is 1. The average molecular weight is 435 g/mol. The van der Waals surface area contributed by atoms with E-state index in [-0.39, 0.29) is 11.1 Å². The number of hydrogen-bond acceptors (Lipinski definition) is 6. The van der Waals surface area contributed by atoms with E-state index in [9.17, 15) is 4.79 Å². The molecule has 31 heavy (non-hydrogen) atoms. The standard InChI is InChI=1S/C22H19ClN6O2/c23-20-12-16(21-25-18(14-29(21)27-20)15-4-2-1-3-5-15)22(30)26-17-13-24-7-6-19(17)28-8-10-31-11-9-28/h1-7,12-14H,8-11H2,(H,26,30). The minimum atomic E-state index is -0.331. The Labute approximate surface area is 183 Å². The van der Waals surface area contributed by atoms with Crippen LogP contribution in [-0.4, -0.2) is 51.8 Å². The Morgan fingerprint density at radius 2 is 1.94 bits per heavy atom. The lowest BCUT2D eigenvalue weighted by atomic mass is 10.2. The highest BCUT2D eigenvalue weighted by Crippen LogP contribution is 2.27. The number of amides is 1. The van der Waals surface area contributed by atoms with Gasteiger partial charge in [-0.3, -0.25) is 9.78 Å². The van der Waals surface area contributed by atoms with Crippen LogP contribution in [0, 0.1) is 0 Å². The maximum atomic E-state index is 13.2. The van der Waals surface area contributed by atoms with E-state index in [1.54, 1.807) is 18.6 Å². The first-order chi connectivity index (χ1) is 15.2. The molecule has 0 spiro atoms. The van der Waals surface area contributed by atoms with E-state index in [0.29, 0.717) is 35.8 Å². The predicted molar refractivity (Wildman–Crippen MR) is 119 cm³/mol. The molecule has 4 heterocycles. The second-order valence-electron chi connectivity index (χ2n) is 7.09. The average Bonchev–Trinajstić information content (AvgIpc) is 3.24.